The summed E-state index contributed by atoms with van der Waals surface area (Å²) < 4.78 is 0. The lowest BCUT2D eigenvalue weighted by atomic mass is 9.70. The summed E-state index contributed by atoms with van der Waals surface area (Å²) in [7, 11) is 0. The molecule has 0 unspecified atom stereocenters. The number of hydrogen-bond donors (Lipinski definition) is 1. The van der Waals surface area contributed by atoms with Crippen LogP contribution >= 0.6 is 0 Å². The van der Waals surface area contributed by atoms with E-state index in [1.54, 1.807) is 6.20 Å². The van der Waals surface area contributed by atoms with Crippen molar-refractivity contribution in [3.63, 3.8) is 0 Å². The molecule has 1 aromatic rings. The molecule has 0 aromatic carbocycles. The van der Waals surface area contributed by atoms with Crippen LogP contribution in [0.25, 0.3) is 0 Å². The maximum absolute atomic E-state index is 12.6. The Bertz CT molecular complexity index is 483. The number of nitrogens with one attached hydrogen (secondary N) is 1. The molecular formula is C15H20N2O. The molecule has 1 N–H and O–H groups in total. The van der Waals surface area contributed by atoms with Crippen molar-refractivity contribution in [1.29, 1.82) is 0 Å². The fourth-order valence-corrected chi connectivity index (χ4v) is 3.86. The number of anilines is 1. The zero-order valence-electron chi connectivity index (χ0n) is 11.2. The average molecular weight is 244 g/mol. The molecule has 0 aliphatic heterocycles. The summed E-state index contributed by atoms with van der Waals surface area (Å²) in [4.78, 5) is 16.9. The minimum Gasteiger partial charge on any atom is -0.360 e. The predicted molar refractivity (Wildman–Crippen MR) is 71.3 cm³/mol. The van der Waals surface area contributed by atoms with Crippen LogP contribution in [0.2, 0.25) is 0 Å². The Morgan fingerprint density at radius 1 is 1.33 bits per heavy atom. The van der Waals surface area contributed by atoms with Crippen LogP contribution in [-0.2, 0) is 4.79 Å². The highest BCUT2D eigenvalue weighted by Gasteiger charge is 2.66. The molecule has 2 saturated carbocycles. The van der Waals surface area contributed by atoms with E-state index in [9.17, 15) is 4.79 Å². The molecule has 0 radical (unpaired) electrons. The number of fused-ring (bicyclic) bond motifs is 2. The number of ketones is 1. The van der Waals surface area contributed by atoms with E-state index in [-0.39, 0.29) is 16.9 Å². The van der Waals surface area contributed by atoms with Gasteiger partial charge < -0.3 is 5.32 Å². The van der Waals surface area contributed by atoms with Gasteiger partial charge in [-0.3, -0.25) is 4.79 Å². The molecule has 0 spiro atoms. The smallest absolute Gasteiger partial charge is 0.161 e. The second kappa shape index (κ2) is 3.56. The molecule has 3 rings (SSSR count). The number of Topliss-reactive ketones (excluding diaryl/α,β-unsaturated/α-hetero) is 1. The van der Waals surface area contributed by atoms with E-state index in [1.165, 1.54) is 0 Å². The van der Waals surface area contributed by atoms with Crippen LogP contribution in [-0.4, -0.2) is 16.8 Å². The number of carbonyl (C=O) groups excluding carboxylic acids is 1. The number of rotatable bonds is 2. The minimum atomic E-state index is -0.163. The van der Waals surface area contributed by atoms with Crippen molar-refractivity contribution in [3.05, 3.63) is 24.4 Å². The Labute approximate surface area is 108 Å². The SMILES string of the molecule is CC1(C)[C@@H]2CC[C@]1(C)C(=O)[C@@H]2Nc1ccccn1. The molecule has 2 aliphatic rings. The van der Waals surface area contributed by atoms with Gasteiger partial charge in [-0.2, -0.15) is 0 Å². The first kappa shape index (κ1) is 11.7. The molecule has 2 aliphatic carbocycles. The van der Waals surface area contributed by atoms with Gasteiger partial charge in [-0.05, 0) is 36.3 Å². The second-order valence-corrected chi connectivity index (χ2v) is 6.40. The first-order valence-electron chi connectivity index (χ1n) is 6.69. The van der Waals surface area contributed by atoms with E-state index >= 15 is 0 Å². The molecule has 96 valence electrons. The van der Waals surface area contributed by atoms with Crippen molar-refractivity contribution < 1.29 is 4.79 Å². The molecular weight excluding hydrogens is 224 g/mol. The number of pyridine rings is 1. The number of nitrogens with zero attached hydrogens (tertiary/aromatic N) is 1. The monoisotopic (exact) mass is 244 g/mol. The zero-order valence-corrected chi connectivity index (χ0v) is 11.2. The molecule has 2 bridgehead atoms. The van der Waals surface area contributed by atoms with Gasteiger partial charge in [0.1, 0.15) is 5.82 Å². The van der Waals surface area contributed by atoms with Gasteiger partial charge in [0.25, 0.3) is 0 Å². The molecule has 0 saturated heterocycles. The summed E-state index contributed by atoms with van der Waals surface area (Å²) in [6.07, 6.45) is 3.93. The van der Waals surface area contributed by atoms with Crippen LogP contribution in [0, 0.1) is 16.7 Å². The quantitative estimate of drug-likeness (QED) is 0.869. The van der Waals surface area contributed by atoms with Gasteiger partial charge in [-0.15, -0.1) is 0 Å². The minimum absolute atomic E-state index is 0.0614. The highest BCUT2D eigenvalue weighted by Crippen LogP contribution is 2.63. The number of aromatic nitrogens is 1. The predicted octanol–water partition coefficient (Wildman–Crippen LogP) is 2.89. The van der Waals surface area contributed by atoms with Gasteiger partial charge in [0.05, 0.1) is 6.04 Å². The van der Waals surface area contributed by atoms with Gasteiger partial charge in [-0.1, -0.05) is 26.8 Å². The Hall–Kier alpha value is -1.38. The lowest BCUT2D eigenvalue weighted by molar-refractivity contribution is -0.128. The van der Waals surface area contributed by atoms with Crippen molar-refractivity contribution in [2.45, 2.75) is 39.7 Å². The second-order valence-electron chi connectivity index (χ2n) is 6.40. The molecule has 2 fully saturated rings. The van der Waals surface area contributed by atoms with Crippen LogP contribution in [0.5, 0.6) is 0 Å². The molecule has 3 atom stereocenters. The normalized spacial score (nSPS) is 36.9. The zero-order chi connectivity index (χ0) is 13.0. The molecule has 0 amide bonds. The third-order valence-corrected chi connectivity index (χ3v) is 5.50. The maximum atomic E-state index is 12.6. The molecule has 18 heavy (non-hydrogen) atoms. The first-order chi connectivity index (χ1) is 8.47. The van der Waals surface area contributed by atoms with Crippen molar-refractivity contribution in [3.8, 4) is 0 Å². The molecule has 1 heterocycles. The summed E-state index contributed by atoms with van der Waals surface area (Å²) in [6.45, 7) is 6.61. The highest BCUT2D eigenvalue weighted by atomic mass is 16.1. The Morgan fingerprint density at radius 2 is 2.11 bits per heavy atom. The van der Waals surface area contributed by atoms with E-state index in [4.69, 9.17) is 0 Å². The van der Waals surface area contributed by atoms with Gasteiger partial charge in [-0.25, -0.2) is 4.98 Å². The fraction of sp³-hybridized carbons (Fsp3) is 0.600. The van der Waals surface area contributed by atoms with E-state index in [2.05, 4.69) is 31.1 Å². The molecule has 3 heteroatoms. The van der Waals surface area contributed by atoms with Crippen LogP contribution in [0.1, 0.15) is 33.6 Å². The summed E-state index contributed by atoms with van der Waals surface area (Å²) in [6, 6.07) is 5.70. The highest BCUT2D eigenvalue weighted by molar-refractivity contribution is 5.96. The molecule has 1 aromatic heterocycles. The van der Waals surface area contributed by atoms with E-state index in [0.29, 0.717) is 11.7 Å². The first-order valence-corrected chi connectivity index (χ1v) is 6.69. The van der Waals surface area contributed by atoms with Crippen molar-refractivity contribution in [1.82, 2.24) is 4.98 Å². The van der Waals surface area contributed by atoms with Crippen molar-refractivity contribution in [2.24, 2.45) is 16.7 Å². The lowest BCUT2D eigenvalue weighted by Gasteiger charge is -2.32. The Kier molecular flexibility index (Phi) is 2.31. The maximum Gasteiger partial charge on any atom is 0.161 e. The van der Waals surface area contributed by atoms with Gasteiger partial charge in [0.2, 0.25) is 0 Å². The van der Waals surface area contributed by atoms with E-state index in [1.807, 2.05) is 18.2 Å². The Balaban J connectivity index is 1.90. The summed E-state index contributed by atoms with van der Waals surface area (Å²) >= 11 is 0. The average Bonchev–Trinajstić information content (AvgIpc) is 2.65. The standard InChI is InChI=1S/C15H20N2O/c1-14(2)10-7-8-15(14,3)13(18)12(10)17-11-6-4-5-9-16-11/h4-6,9-10,12H,7-8H2,1-3H3,(H,16,17)/t10-,12-,15-/m1/s1. The summed E-state index contributed by atoms with van der Waals surface area (Å²) in [5, 5.41) is 3.34. The third kappa shape index (κ3) is 1.30. The topological polar surface area (TPSA) is 42.0 Å². The van der Waals surface area contributed by atoms with Gasteiger partial charge in [0, 0.05) is 11.6 Å². The third-order valence-electron chi connectivity index (χ3n) is 5.50. The summed E-state index contributed by atoms with van der Waals surface area (Å²) in [5.41, 5.74) is -0.0688. The van der Waals surface area contributed by atoms with Crippen LogP contribution in [0.3, 0.4) is 0 Å². The van der Waals surface area contributed by atoms with Crippen molar-refractivity contribution >= 4 is 11.6 Å². The number of carbonyl (C=O) groups is 1. The summed E-state index contributed by atoms with van der Waals surface area (Å²) in [5.74, 6) is 1.61. The van der Waals surface area contributed by atoms with Crippen LogP contribution in [0.4, 0.5) is 5.82 Å². The Morgan fingerprint density at radius 3 is 2.67 bits per heavy atom. The van der Waals surface area contributed by atoms with Gasteiger partial charge in [0.15, 0.2) is 5.78 Å². The molecule has 3 nitrogen and oxygen atoms in total. The van der Waals surface area contributed by atoms with E-state index in [0.717, 1.165) is 18.7 Å². The van der Waals surface area contributed by atoms with Gasteiger partial charge >= 0.3 is 0 Å². The lowest BCUT2D eigenvalue weighted by Crippen LogP contribution is -2.39. The van der Waals surface area contributed by atoms with Crippen molar-refractivity contribution in [2.75, 3.05) is 5.32 Å². The van der Waals surface area contributed by atoms with E-state index < -0.39 is 0 Å². The number of hydrogen-bond acceptors (Lipinski definition) is 3. The van der Waals surface area contributed by atoms with Crippen LogP contribution < -0.4 is 5.32 Å². The fourth-order valence-electron chi connectivity index (χ4n) is 3.86. The van der Waals surface area contributed by atoms with Crippen LogP contribution in [0.15, 0.2) is 24.4 Å². The largest absolute Gasteiger partial charge is 0.360 e.